The van der Waals surface area contributed by atoms with Gasteiger partial charge in [0.25, 0.3) is 0 Å². The van der Waals surface area contributed by atoms with Crippen LogP contribution in [0.1, 0.15) is 34.3 Å². The monoisotopic (exact) mass is 281 g/mol. The van der Waals surface area contributed by atoms with Crippen LogP contribution in [-0.4, -0.2) is 17.6 Å². The van der Waals surface area contributed by atoms with Crippen LogP contribution in [0.2, 0.25) is 0 Å². The van der Waals surface area contributed by atoms with E-state index in [-0.39, 0.29) is 0 Å². The zero-order chi connectivity index (χ0) is 14.8. The number of rotatable bonds is 2. The number of nitrogens with zero attached hydrogens (tertiary/aromatic N) is 1. The number of benzene rings is 2. The molecule has 0 fully saturated rings. The summed E-state index contributed by atoms with van der Waals surface area (Å²) in [5.41, 5.74) is 4.88. The molecule has 21 heavy (non-hydrogen) atoms. The first-order valence-corrected chi connectivity index (χ1v) is 7.36. The second-order valence-electron chi connectivity index (χ2n) is 5.54. The smallest absolute Gasteiger partial charge is 0.335 e. The Balaban J connectivity index is 2.04. The molecule has 0 spiro atoms. The van der Waals surface area contributed by atoms with Gasteiger partial charge in [-0.1, -0.05) is 18.2 Å². The molecule has 108 valence electrons. The summed E-state index contributed by atoms with van der Waals surface area (Å²) >= 11 is 0. The van der Waals surface area contributed by atoms with Gasteiger partial charge >= 0.3 is 5.97 Å². The molecule has 0 saturated heterocycles. The van der Waals surface area contributed by atoms with Crippen molar-refractivity contribution in [1.82, 2.24) is 0 Å². The van der Waals surface area contributed by atoms with E-state index in [9.17, 15) is 4.79 Å². The fourth-order valence-electron chi connectivity index (χ4n) is 3.02. The first-order chi connectivity index (χ1) is 10.2. The summed E-state index contributed by atoms with van der Waals surface area (Å²) in [4.78, 5) is 13.5. The number of para-hydroxylation sites is 1. The molecular weight excluding hydrogens is 262 g/mol. The second-order valence-corrected chi connectivity index (χ2v) is 5.54. The number of carboxylic acids is 1. The molecule has 3 rings (SSSR count). The van der Waals surface area contributed by atoms with Crippen LogP contribution in [-0.2, 0) is 6.42 Å². The molecule has 0 amide bonds. The van der Waals surface area contributed by atoms with Crippen molar-refractivity contribution in [3.8, 4) is 0 Å². The molecule has 3 heteroatoms. The summed E-state index contributed by atoms with van der Waals surface area (Å²) in [6, 6.07) is 14.1. The molecular formula is C18H19NO2. The zero-order valence-corrected chi connectivity index (χ0v) is 12.2. The van der Waals surface area contributed by atoms with Crippen molar-refractivity contribution < 1.29 is 9.90 Å². The van der Waals surface area contributed by atoms with Crippen molar-refractivity contribution in [1.29, 1.82) is 0 Å². The van der Waals surface area contributed by atoms with Gasteiger partial charge in [0, 0.05) is 17.9 Å². The molecule has 1 aliphatic rings. The summed E-state index contributed by atoms with van der Waals surface area (Å²) in [7, 11) is 0. The zero-order valence-electron chi connectivity index (χ0n) is 12.2. The number of fused-ring (bicyclic) bond motifs is 1. The third kappa shape index (κ3) is 2.64. The van der Waals surface area contributed by atoms with Crippen LogP contribution < -0.4 is 4.90 Å². The van der Waals surface area contributed by atoms with Crippen LogP contribution in [0.25, 0.3) is 0 Å². The highest BCUT2D eigenvalue weighted by Crippen LogP contribution is 2.33. The number of hydrogen-bond acceptors (Lipinski definition) is 2. The van der Waals surface area contributed by atoms with E-state index >= 15 is 0 Å². The molecule has 0 aliphatic carbocycles. The van der Waals surface area contributed by atoms with Crippen LogP contribution >= 0.6 is 0 Å². The number of carboxylic acid groups (broad SMARTS) is 1. The highest BCUT2D eigenvalue weighted by atomic mass is 16.4. The Kier molecular flexibility index (Phi) is 3.65. The predicted molar refractivity (Wildman–Crippen MR) is 84.5 cm³/mol. The third-order valence-corrected chi connectivity index (χ3v) is 4.11. The summed E-state index contributed by atoms with van der Waals surface area (Å²) in [5, 5.41) is 9.16. The van der Waals surface area contributed by atoms with Crippen LogP contribution in [0, 0.1) is 6.92 Å². The topological polar surface area (TPSA) is 40.5 Å². The molecule has 0 saturated carbocycles. The Bertz CT molecular complexity index is 679. The number of aryl methyl sites for hydroxylation is 2. The Hall–Kier alpha value is -2.29. The maximum absolute atomic E-state index is 11.1. The van der Waals surface area contributed by atoms with Gasteiger partial charge in [0.1, 0.15) is 0 Å². The van der Waals surface area contributed by atoms with Gasteiger partial charge in [-0.2, -0.15) is 0 Å². The number of hydrogen-bond donors (Lipinski definition) is 1. The Morgan fingerprint density at radius 3 is 2.71 bits per heavy atom. The molecule has 0 atom stereocenters. The molecule has 1 aliphatic heterocycles. The van der Waals surface area contributed by atoms with Gasteiger partial charge in [-0.25, -0.2) is 4.79 Å². The fourth-order valence-corrected chi connectivity index (χ4v) is 3.02. The van der Waals surface area contributed by atoms with Gasteiger partial charge in [-0.15, -0.1) is 0 Å². The quantitative estimate of drug-likeness (QED) is 0.898. The highest BCUT2D eigenvalue weighted by Gasteiger charge is 2.17. The number of aromatic carboxylic acids is 1. The highest BCUT2D eigenvalue weighted by molar-refractivity contribution is 5.90. The molecule has 2 aromatic rings. The van der Waals surface area contributed by atoms with Crippen molar-refractivity contribution in [2.45, 2.75) is 26.2 Å². The second kappa shape index (κ2) is 5.60. The average Bonchev–Trinajstić information content (AvgIpc) is 2.69. The van der Waals surface area contributed by atoms with Crippen LogP contribution in [0.5, 0.6) is 0 Å². The van der Waals surface area contributed by atoms with Crippen LogP contribution in [0.4, 0.5) is 11.4 Å². The molecule has 0 unspecified atom stereocenters. The van der Waals surface area contributed by atoms with E-state index in [1.807, 2.05) is 19.1 Å². The summed E-state index contributed by atoms with van der Waals surface area (Å²) in [6.45, 7) is 2.83. The Morgan fingerprint density at radius 1 is 1.14 bits per heavy atom. The van der Waals surface area contributed by atoms with Gasteiger partial charge in [-0.05, 0) is 61.6 Å². The van der Waals surface area contributed by atoms with Crippen LogP contribution in [0.3, 0.4) is 0 Å². The molecule has 2 aromatic carbocycles. The van der Waals surface area contributed by atoms with Gasteiger partial charge in [-0.3, -0.25) is 0 Å². The lowest BCUT2D eigenvalue weighted by molar-refractivity contribution is 0.0696. The number of anilines is 2. The van der Waals surface area contributed by atoms with Crippen molar-refractivity contribution in [3.63, 3.8) is 0 Å². The van der Waals surface area contributed by atoms with Gasteiger partial charge < -0.3 is 10.0 Å². The lowest BCUT2D eigenvalue weighted by atomic mass is 10.1. The number of carbonyl (C=O) groups is 1. The van der Waals surface area contributed by atoms with Crippen LogP contribution in [0.15, 0.2) is 42.5 Å². The SMILES string of the molecule is Cc1cc(N2CCCCc3ccccc32)ccc1C(=O)O. The minimum atomic E-state index is -0.865. The van der Waals surface area contributed by atoms with Gasteiger partial charge in [0.2, 0.25) is 0 Å². The average molecular weight is 281 g/mol. The predicted octanol–water partition coefficient (Wildman–Crippen LogP) is 4.17. The Labute approximate surface area is 124 Å². The van der Waals surface area contributed by atoms with Crippen molar-refractivity contribution >= 4 is 17.3 Å². The normalized spacial score (nSPS) is 14.4. The third-order valence-electron chi connectivity index (χ3n) is 4.11. The summed E-state index contributed by atoms with van der Waals surface area (Å²) < 4.78 is 0. The molecule has 3 nitrogen and oxygen atoms in total. The largest absolute Gasteiger partial charge is 0.478 e. The Morgan fingerprint density at radius 2 is 1.95 bits per heavy atom. The van der Waals surface area contributed by atoms with E-state index in [2.05, 4.69) is 29.2 Å². The van der Waals surface area contributed by atoms with Crippen molar-refractivity contribution in [3.05, 3.63) is 59.2 Å². The van der Waals surface area contributed by atoms with E-state index in [1.165, 1.54) is 17.7 Å². The van der Waals surface area contributed by atoms with E-state index in [4.69, 9.17) is 5.11 Å². The van der Waals surface area contributed by atoms with Gasteiger partial charge in [0.15, 0.2) is 0 Å². The molecule has 1 heterocycles. The maximum atomic E-state index is 11.1. The van der Waals surface area contributed by atoms with Gasteiger partial charge in [0.05, 0.1) is 5.56 Å². The molecule has 0 bridgehead atoms. The molecule has 0 radical (unpaired) electrons. The van der Waals surface area contributed by atoms with E-state index in [1.54, 1.807) is 6.07 Å². The minimum Gasteiger partial charge on any atom is -0.478 e. The molecule has 1 N–H and O–H groups in total. The lowest BCUT2D eigenvalue weighted by Crippen LogP contribution is -2.18. The van der Waals surface area contributed by atoms with Crippen molar-refractivity contribution in [2.75, 3.05) is 11.4 Å². The van der Waals surface area contributed by atoms with E-state index in [0.717, 1.165) is 30.6 Å². The maximum Gasteiger partial charge on any atom is 0.335 e. The summed E-state index contributed by atoms with van der Waals surface area (Å²) in [6.07, 6.45) is 3.45. The van der Waals surface area contributed by atoms with E-state index < -0.39 is 5.97 Å². The lowest BCUT2D eigenvalue weighted by Gasteiger charge is -2.25. The molecule has 0 aromatic heterocycles. The first kappa shape index (κ1) is 13.7. The standard InChI is InChI=1S/C18H19NO2/c1-13-12-15(9-10-16(13)18(20)21)19-11-5-4-7-14-6-2-3-8-17(14)19/h2-3,6,8-10,12H,4-5,7,11H2,1H3,(H,20,21). The minimum absolute atomic E-state index is 0.377. The van der Waals surface area contributed by atoms with E-state index in [0.29, 0.717) is 5.56 Å². The summed E-state index contributed by atoms with van der Waals surface area (Å²) in [5.74, 6) is -0.865. The van der Waals surface area contributed by atoms with Crippen molar-refractivity contribution in [2.24, 2.45) is 0 Å². The fraction of sp³-hybridized carbons (Fsp3) is 0.278. The first-order valence-electron chi connectivity index (χ1n) is 7.36.